The lowest BCUT2D eigenvalue weighted by Crippen LogP contribution is -2.45. The summed E-state index contributed by atoms with van der Waals surface area (Å²) in [5.41, 5.74) is 1.16. The van der Waals surface area contributed by atoms with Crippen LogP contribution in [0.5, 0.6) is 0 Å². The van der Waals surface area contributed by atoms with Crippen LogP contribution in [-0.4, -0.2) is 30.6 Å². The lowest BCUT2D eigenvalue weighted by atomic mass is 10.1. The Morgan fingerprint density at radius 3 is 2.09 bits per heavy atom. The minimum Gasteiger partial charge on any atom is -0.274 e. The van der Waals surface area contributed by atoms with Crippen LogP contribution in [0.25, 0.3) is 10.8 Å². The van der Waals surface area contributed by atoms with Gasteiger partial charge in [-0.05, 0) is 40.6 Å². The molecule has 1 atom stereocenters. The van der Waals surface area contributed by atoms with Crippen LogP contribution in [0.15, 0.2) is 108 Å². The van der Waals surface area contributed by atoms with Crippen LogP contribution in [0, 0.1) is 0 Å². The Morgan fingerprint density at radius 2 is 1.38 bits per heavy atom. The third-order valence-corrected chi connectivity index (χ3v) is 7.84. The Morgan fingerprint density at radius 1 is 0.765 bits per heavy atom. The number of carbonyl (C=O) groups is 2. The van der Waals surface area contributed by atoms with Crippen molar-refractivity contribution in [3.05, 3.63) is 109 Å². The fourth-order valence-electron chi connectivity index (χ4n) is 4.28. The number of anilines is 1. The van der Waals surface area contributed by atoms with Crippen LogP contribution in [-0.2, 0) is 26.2 Å². The zero-order valence-corrected chi connectivity index (χ0v) is 19.1. The molecule has 7 heteroatoms. The summed E-state index contributed by atoms with van der Waals surface area (Å²) in [7, 11) is -4.10. The molecule has 34 heavy (non-hydrogen) atoms. The highest BCUT2D eigenvalue weighted by Gasteiger charge is 2.47. The maximum absolute atomic E-state index is 13.9. The zero-order chi connectivity index (χ0) is 23.7. The lowest BCUT2D eigenvalue weighted by Gasteiger charge is -2.27. The van der Waals surface area contributed by atoms with Crippen molar-refractivity contribution < 1.29 is 18.0 Å². The van der Waals surface area contributed by atoms with E-state index in [1.54, 1.807) is 60.7 Å². The normalized spacial score (nSPS) is 16.5. The molecule has 4 aromatic carbocycles. The van der Waals surface area contributed by atoms with E-state index in [9.17, 15) is 18.0 Å². The molecule has 0 bridgehead atoms. The monoisotopic (exact) mass is 470 g/mol. The van der Waals surface area contributed by atoms with E-state index in [0.29, 0.717) is 5.69 Å². The Hall–Kier alpha value is -3.81. The van der Waals surface area contributed by atoms with Gasteiger partial charge in [-0.25, -0.2) is 13.3 Å². The minimum atomic E-state index is -4.10. The molecule has 5 rings (SSSR count). The van der Waals surface area contributed by atoms with Gasteiger partial charge in [0.2, 0.25) is 15.9 Å². The van der Waals surface area contributed by atoms with E-state index in [-0.39, 0.29) is 17.9 Å². The highest BCUT2D eigenvalue weighted by molar-refractivity contribution is 7.89. The van der Waals surface area contributed by atoms with E-state index in [0.717, 1.165) is 25.5 Å². The molecule has 0 saturated carbocycles. The van der Waals surface area contributed by atoms with E-state index in [1.807, 2.05) is 42.5 Å². The SMILES string of the molecule is O=C1CC(N(Cc2ccccc2)S(=O)(=O)c2ccc3ccccc3c2)C(=O)N1c1ccccc1. The topological polar surface area (TPSA) is 74.8 Å². The number of fused-ring (bicyclic) bond motifs is 1. The fourth-order valence-corrected chi connectivity index (χ4v) is 5.88. The molecule has 1 aliphatic rings. The number of nitrogens with zero attached hydrogens (tertiary/aromatic N) is 2. The number of carbonyl (C=O) groups excluding carboxylic acids is 2. The molecule has 4 aromatic rings. The lowest BCUT2D eigenvalue weighted by molar-refractivity contribution is -0.122. The molecule has 1 unspecified atom stereocenters. The average molecular weight is 471 g/mol. The van der Waals surface area contributed by atoms with E-state index >= 15 is 0 Å². The van der Waals surface area contributed by atoms with Crippen molar-refractivity contribution in [2.75, 3.05) is 4.90 Å². The first-order valence-corrected chi connectivity index (χ1v) is 12.4. The Bertz CT molecular complexity index is 1470. The maximum atomic E-state index is 13.9. The highest BCUT2D eigenvalue weighted by atomic mass is 32.2. The number of amides is 2. The van der Waals surface area contributed by atoms with Gasteiger partial charge in [-0.3, -0.25) is 9.59 Å². The van der Waals surface area contributed by atoms with E-state index < -0.39 is 27.9 Å². The van der Waals surface area contributed by atoms with Gasteiger partial charge in [-0.1, -0.05) is 78.9 Å². The molecule has 0 aromatic heterocycles. The number of sulfonamides is 1. The Balaban J connectivity index is 1.58. The molecular formula is C27H22N2O4S. The highest BCUT2D eigenvalue weighted by Crippen LogP contribution is 2.31. The van der Waals surface area contributed by atoms with Crippen LogP contribution >= 0.6 is 0 Å². The van der Waals surface area contributed by atoms with E-state index in [1.165, 1.54) is 0 Å². The zero-order valence-electron chi connectivity index (χ0n) is 18.2. The standard InChI is InChI=1S/C27H22N2O4S/c30-26-18-25(27(31)29(26)23-13-5-2-6-14-23)28(19-20-9-3-1-4-10-20)34(32,33)24-16-15-21-11-7-8-12-22(21)17-24/h1-17,25H,18-19H2. The van der Waals surface area contributed by atoms with Crippen LogP contribution < -0.4 is 4.90 Å². The smallest absolute Gasteiger partial charge is 0.252 e. The van der Waals surface area contributed by atoms with Crippen LogP contribution in [0.1, 0.15) is 12.0 Å². The van der Waals surface area contributed by atoms with Crippen molar-refractivity contribution in [3.8, 4) is 0 Å². The Labute approximate surface area is 198 Å². The second-order valence-corrected chi connectivity index (χ2v) is 10.1. The van der Waals surface area contributed by atoms with Gasteiger partial charge in [0.1, 0.15) is 6.04 Å². The van der Waals surface area contributed by atoms with Crippen LogP contribution in [0.3, 0.4) is 0 Å². The fraction of sp³-hybridized carbons (Fsp3) is 0.111. The molecule has 0 N–H and O–H groups in total. The van der Waals surface area contributed by atoms with Crippen molar-refractivity contribution >= 4 is 38.3 Å². The second-order valence-electron chi connectivity index (χ2n) is 8.17. The summed E-state index contributed by atoms with van der Waals surface area (Å²) in [6.07, 6.45) is -0.215. The van der Waals surface area contributed by atoms with Gasteiger partial charge in [-0.15, -0.1) is 0 Å². The van der Waals surface area contributed by atoms with Gasteiger partial charge in [0.05, 0.1) is 17.0 Å². The first-order valence-electron chi connectivity index (χ1n) is 10.9. The summed E-state index contributed by atoms with van der Waals surface area (Å²) in [6.45, 7) is -0.0255. The number of hydrogen-bond donors (Lipinski definition) is 0. The van der Waals surface area contributed by atoms with Gasteiger partial charge < -0.3 is 0 Å². The summed E-state index contributed by atoms with van der Waals surface area (Å²) in [5, 5.41) is 1.70. The second kappa shape index (κ2) is 8.85. The van der Waals surface area contributed by atoms with Crippen molar-refractivity contribution in [1.82, 2.24) is 4.31 Å². The van der Waals surface area contributed by atoms with Gasteiger partial charge in [-0.2, -0.15) is 4.31 Å². The molecule has 2 amide bonds. The third-order valence-electron chi connectivity index (χ3n) is 5.99. The first-order chi connectivity index (χ1) is 16.4. The Kier molecular flexibility index (Phi) is 5.73. The average Bonchev–Trinajstić information content (AvgIpc) is 3.16. The van der Waals surface area contributed by atoms with Crippen molar-refractivity contribution in [2.45, 2.75) is 23.9 Å². The molecule has 170 valence electrons. The molecule has 0 aliphatic carbocycles. The van der Waals surface area contributed by atoms with Crippen molar-refractivity contribution in [2.24, 2.45) is 0 Å². The number of imide groups is 1. The van der Waals surface area contributed by atoms with Crippen LogP contribution in [0.4, 0.5) is 5.69 Å². The minimum absolute atomic E-state index is 0.0255. The summed E-state index contributed by atoms with van der Waals surface area (Å²) in [5.74, 6) is -0.968. The maximum Gasteiger partial charge on any atom is 0.252 e. The number of para-hydroxylation sites is 1. The largest absolute Gasteiger partial charge is 0.274 e. The van der Waals surface area contributed by atoms with Gasteiger partial charge in [0.25, 0.3) is 5.91 Å². The molecule has 0 radical (unpaired) electrons. The van der Waals surface area contributed by atoms with E-state index in [4.69, 9.17) is 0 Å². The summed E-state index contributed by atoms with van der Waals surface area (Å²) < 4.78 is 29.0. The molecule has 1 fully saturated rings. The summed E-state index contributed by atoms with van der Waals surface area (Å²) >= 11 is 0. The molecule has 1 aliphatic heterocycles. The molecule has 0 spiro atoms. The number of hydrogen-bond acceptors (Lipinski definition) is 4. The quantitative estimate of drug-likeness (QED) is 0.393. The molecule has 1 saturated heterocycles. The predicted molar refractivity (Wildman–Crippen MR) is 130 cm³/mol. The first kappa shape index (κ1) is 22.0. The van der Waals surface area contributed by atoms with E-state index in [2.05, 4.69) is 0 Å². The molecular weight excluding hydrogens is 448 g/mol. The number of benzene rings is 4. The van der Waals surface area contributed by atoms with Gasteiger partial charge in [0, 0.05) is 6.54 Å². The summed E-state index contributed by atoms with van der Waals surface area (Å²) in [4.78, 5) is 27.5. The third kappa shape index (κ3) is 4.00. The summed E-state index contributed by atoms with van der Waals surface area (Å²) in [6, 6.07) is 28.9. The molecule has 1 heterocycles. The van der Waals surface area contributed by atoms with Gasteiger partial charge >= 0.3 is 0 Å². The van der Waals surface area contributed by atoms with Gasteiger partial charge in [0.15, 0.2) is 0 Å². The van der Waals surface area contributed by atoms with Crippen LogP contribution in [0.2, 0.25) is 0 Å². The van der Waals surface area contributed by atoms with Crippen molar-refractivity contribution in [3.63, 3.8) is 0 Å². The molecule has 6 nitrogen and oxygen atoms in total. The number of rotatable bonds is 6. The predicted octanol–water partition coefficient (Wildman–Crippen LogP) is 4.36. The van der Waals surface area contributed by atoms with Crippen molar-refractivity contribution in [1.29, 1.82) is 0 Å².